The van der Waals surface area contributed by atoms with Gasteiger partial charge in [-0.15, -0.1) is 0 Å². The molecule has 0 aliphatic heterocycles. The summed E-state index contributed by atoms with van der Waals surface area (Å²) in [4.78, 5) is 11.1. The monoisotopic (exact) mass is 503 g/mol. The first-order valence-electron chi connectivity index (χ1n) is 12.8. The van der Waals surface area contributed by atoms with Crippen LogP contribution < -0.4 is 4.90 Å². The Morgan fingerprint density at radius 2 is 1.05 bits per heavy atom. The molecule has 4 aromatic carbocycles. The molecule has 0 N–H and O–H groups in total. The molecule has 0 saturated heterocycles. The van der Waals surface area contributed by atoms with E-state index in [-0.39, 0.29) is 0 Å². The lowest BCUT2D eigenvalue weighted by molar-refractivity contribution is 0.654. The van der Waals surface area contributed by atoms with Crippen molar-refractivity contribution in [2.24, 2.45) is 0 Å². The molecule has 0 fully saturated rings. The van der Waals surface area contributed by atoms with Crippen molar-refractivity contribution in [3.8, 4) is 11.1 Å². The Hall–Kier alpha value is -5.42. The van der Waals surface area contributed by atoms with Crippen LogP contribution >= 0.6 is 0 Å². The average Bonchev–Trinajstić information content (AvgIpc) is 3.56. The molecule has 4 aromatic heterocycles. The van der Waals surface area contributed by atoms with Crippen molar-refractivity contribution in [3.63, 3.8) is 0 Å². The summed E-state index contributed by atoms with van der Waals surface area (Å²) in [5, 5.41) is 4.04. The second-order valence-corrected chi connectivity index (χ2v) is 9.50. The quantitative estimate of drug-likeness (QED) is 0.239. The van der Waals surface area contributed by atoms with Gasteiger partial charge in [0, 0.05) is 50.9 Å². The van der Waals surface area contributed by atoms with Crippen LogP contribution in [-0.4, -0.2) is 9.97 Å². The Labute approximate surface area is 223 Å². The van der Waals surface area contributed by atoms with Crippen LogP contribution in [0, 0.1) is 0 Å². The maximum absolute atomic E-state index is 6.04. The lowest BCUT2D eigenvalue weighted by atomic mass is 10.0. The van der Waals surface area contributed by atoms with Gasteiger partial charge >= 0.3 is 0 Å². The van der Waals surface area contributed by atoms with E-state index in [1.807, 2.05) is 30.3 Å². The molecule has 0 aliphatic carbocycles. The summed E-state index contributed by atoms with van der Waals surface area (Å²) in [6.45, 7) is 0. The number of furan rings is 2. The highest BCUT2D eigenvalue weighted by molar-refractivity contribution is 6.07. The van der Waals surface area contributed by atoms with Gasteiger partial charge in [-0.1, -0.05) is 48.5 Å². The second-order valence-electron chi connectivity index (χ2n) is 9.50. The Balaban J connectivity index is 1.41. The number of hydrogen-bond donors (Lipinski definition) is 0. The molecule has 0 spiro atoms. The first-order valence-corrected chi connectivity index (χ1v) is 12.8. The van der Waals surface area contributed by atoms with Gasteiger partial charge in [0.25, 0.3) is 0 Å². The first-order chi connectivity index (χ1) is 19.3. The lowest BCUT2D eigenvalue weighted by Gasteiger charge is -2.28. The van der Waals surface area contributed by atoms with Crippen LogP contribution in [0.3, 0.4) is 0 Å². The standard InChI is InChI=1S/C34H21N3O2/c1-2-8-22(9-3-1)25-10-4-5-13-30(25)37(23-14-16-31-28(20-23)26-11-6-18-35-33(26)38-31)24-15-17-32-29(21-24)27-12-7-19-36-34(27)39-32/h1-21H. The lowest BCUT2D eigenvalue weighted by Crippen LogP contribution is -2.11. The van der Waals surface area contributed by atoms with E-state index < -0.39 is 0 Å². The summed E-state index contributed by atoms with van der Waals surface area (Å²) >= 11 is 0. The fourth-order valence-corrected chi connectivity index (χ4v) is 5.43. The molecule has 0 saturated carbocycles. The highest BCUT2D eigenvalue weighted by Gasteiger charge is 2.20. The molecule has 8 rings (SSSR count). The minimum atomic E-state index is 0.639. The highest BCUT2D eigenvalue weighted by atomic mass is 16.3. The molecule has 0 bridgehead atoms. The van der Waals surface area contributed by atoms with E-state index in [1.54, 1.807) is 12.4 Å². The highest BCUT2D eigenvalue weighted by Crippen LogP contribution is 2.43. The van der Waals surface area contributed by atoms with E-state index in [0.717, 1.165) is 60.9 Å². The predicted octanol–water partition coefficient (Wildman–Crippen LogP) is 9.41. The molecule has 4 heterocycles. The Morgan fingerprint density at radius 1 is 0.487 bits per heavy atom. The molecule has 8 aromatic rings. The molecular weight excluding hydrogens is 482 g/mol. The number of pyridine rings is 2. The van der Waals surface area contributed by atoms with E-state index in [4.69, 9.17) is 8.83 Å². The van der Waals surface area contributed by atoms with Crippen molar-refractivity contribution in [2.75, 3.05) is 4.90 Å². The summed E-state index contributed by atoms with van der Waals surface area (Å²) in [6, 6.07) is 39.6. The van der Waals surface area contributed by atoms with Crippen LogP contribution in [0.1, 0.15) is 0 Å². The Morgan fingerprint density at radius 3 is 1.67 bits per heavy atom. The zero-order valence-corrected chi connectivity index (χ0v) is 20.8. The van der Waals surface area contributed by atoms with Crippen molar-refractivity contribution in [3.05, 3.63) is 128 Å². The molecular formula is C34H21N3O2. The number of nitrogens with zero attached hydrogens (tertiary/aromatic N) is 3. The van der Waals surface area contributed by atoms with Crippen LogP contribution in [0.2, 0.25) is 0 Å². The van der Waals surface area contributed by atoms with Gasteiger partial charge in [0.2, 0.25) is 11.4 Å². The summed E-state index contributed by atoms with van der Waals surface area (Å²) in [5.41, 5.74) is 8.29. The number of fused-ring (bicyclic) bond motifs is 6. The molecule has 184 valence electrons. The molecule has 0 radical (unpaired) electrons. The topological polar surface area (TPSA) is 55.3 Å². The predicted molar refractivity (Wildman–Crippen MR) is 157 cm³/mol. The van der Waals surface area contributed by atoms with Crippen LogP contribution in [-0.2, 0) is 0 Å². The summed E-state index contributed by atoms with van der Waals surface area (Å²) in [7, 11) is 0. The van der Waals surface area contributed by atoms with Crippen molar-refractivity contribution in [1.82, 2.24) is 9.97 Å². The molecule has 0 unspecified atom stereocenters. The number of hydrogen-bond acceptors (Lipinski definition) is 5. The van der Waals surface area contributed by atoms with Gasteiger partial charge < -0.3 is 13.7 Å². The molecule has 0 amide bonds. The smallest absolute Gasteiger partial charge is 0.227 e. The molecule has 5 heteroatoms. The average molecular weight is 504 g/mol. The van der Waals surface area contributed by atoms with Crippen molar-refractivity contribution in [2.45, 2.75) is 0 Å². The van der Waals surface area contributed by atoms with Crippen molar-refractivity contribution >= 4 is 61.2 Å². The van der Waals surface area contributed by atoms with Crippen LogP contribution in [0.4, 0.5) is 17.1 Å². The number of para-hydroxylation sites is 1. The Bertz CT molecular complexity index is 2030. The number of rotatable bonds is 4. The van der Waals surface area contributed by atoms with Gasteiger partial charge in [0.15, 0.2) is 0 Å². The maximum atomic E-state index is 6.04. The van der Waals surface area contributed by atoms with Gasteiger partial charge in [-0.25, -0.2) is 9.97 Å². The third-order valence-corrected chi connectivity index (χ3v) is 7.21. The molecule has 39 heavy (non-hydrogen) atoms. The summed E-state index contributed by atoms with van der Waals surface area (Å²) in [6.07, 6.45) is 3.51. The zero-order valence-electron chi connectivity index (χ0n) is 20.8. The third kappa shape index (κ3) is 3.48. The molecule has 0 atom stereocenters. The van der Waals surface area contributed by atoms with E-state index in [1.165, 1.54) is 0 Å². The van der Waals surface area contributed by atoms with E-state index >= 15 is 0 Å². The van der Waals surface area contributed by atoms with E-state index in [2.05, 4.69) is 99.8 Å². The van der Waals surface area contributed by atoms with Crippen molar-refractivity contribution < 1.29 is 8.83 Å². The first kappa shape index (κ1) is 21.6. The van der Waals surface area contributed by atoms with E-state index in [0.29, 0.717) is 11.4 Å². The second kappa shape index (κ2) is 8.57. The SMILES string of the molecule is c1ccc(-c2ccccc2N(c2ccc3oc4ncccc4c3c2)c2ccc3oc4ncccc4c3c2)cc1. The Kier molecular flexibility index (Phi) is 4.76. The largest absolute Gasteiger partial charge is 0.438 e. The maximum Gasteiger partial charge on any atom is 0.227 e. The van der Waals surface area contributed by atoms with E-state index in [9.17, 15) is 0 Å². The number of anilines is 3. The normalized spacial score (nSPS) is 11.6. The number of aromatic nitrogens is 2. The minimum Gasteiger partial charge on any atom is -0.438 e. The van der Waals surface area contributed by atoms with Gasteiger partial charge in [-0.05, 0) is 72.3 Å². The molecule has 0 aliphatic rings. The fraction of sp³-hybridized carbons (Fsp3) is 0. The third-order valence-electron chi connectivity index (χ3n) is 7.21. The van der Waals surface area contributed by atoms with Crippen LogP contribution in [0.15, 0.2) is 136 Å². The molecule has 5 nitrogen and oxygen atoms in total. The van der Waals surface area contributed by atoms with Crippen molar-refractivity contribution in [1.29, 1.82) is 0 Å². The van der Waals surface area contributed by atoms with Gasteiger partial charge in [-0.2, -0.15) is 0 Å². The minimum absolute atomic E-state index is 0.639. The van der Waals surface area contributed by atoms with Crippen LogP contribution in [0.5, 0.6) is 0 Å². The van der Waals surface area contributed by atoms with Gasteiger partial charge in [0.05, 0.1) is 5.69 Å². The van der Waals surface area contributed by atoms with Crippen LogP contribution in [0.25, 0.3) is 55.3 Å². The van der Waals surface area contributed by atoms with Gasteiger partial charge in [0.1, 0.15) is 11.2 Å². The zero-order chi connectivity index (χ0) is 25.8. The number of benzene rings is 4. The van der Waals surface area contributed by atoms with Gasteiger partial charge in [-0.3, -0.25) is 0 Å². The summed E-state index contributed by atoms with van der Waals surface area (Å²) < 4.78 is 12.1. The summed E-state index contributed by atoms with van der Waals surface area (Å²) in [5.74, 6) is 0. The fourth-order valence-electron chi connectivity index (χ4n) is 5.43.